The van der Waals surface area contributed by atoms with E-state index in [1.54, 1.807) is 13.3 Å². The summed E-state index contributed by atoms with van der Waals surface area (Å²) in [5, 5.41) is 7.99. The molecule has 0 aliphatic heterocycles. The lowest BCUT2D eigenvalue weighted by molar-refractivity contribution is -0.144. The van der Waals surface area contributed by atoms with Gasteiger partial charge in [-0.15, -0.1) is 10.2 Å². The Bertz CT molecular complexity index is 598. The Kier molecular flexibility index (Phi) is 4.89. The van der Waals surface area contributed by atoms with Gasteiger partial charge in [0.25, 0.3) is 0 Å². The van der Waals surface area contributed by atoms with Crippen LogP contribution in [0.15, 0.2) is 35.1 Å². The highest BCUT2D eigenvalue weighted by Gasteiger charge is 2.28. The maximum atomic E-state index is 12.3. The maximum Gasteiger partial charge on any atom is 0.321 e. The molecule has 0 saturated heterocycles. The van der Waals surface area contributed by atoms with Crippen molar-refractivity contribution in [1.29, 1.82) is 0 Å². The minimum Gasteiger partial charge on any atom is -0.465 e. The van der Waals surface area contributed by atoms with Crippen LogP contribution < -0.4 is 0 Å². The summed E-state index contributed by atoms with van der Waals surface area (Å²) < 4.78 is 7.95. The molecule has 20 heavy (non-hydrogen) atoms. The summed E-state index contributed by atoms with van der Waals surface area (Å²) >= 11 is 3.42. The van der Waals surface area contributed by atoms with E-state index in [2.05, 4.69) is 26.1 Å². The van der Waals surface area contributed by atoms with E-state index in [0.29, 0.717) is 19.0 Å². The largest absolute Gasteiger partial charge is 0.465 e. The molecule has 2 rings (SSSR count). The SMILES string of the molecule is CCOC(=O)C(c1cccc(Br)c1)c1nncn1CC. The molecular formula is C14H16BrN3O2. The number of rotatable bonds is 5. The second-order valence-corrected chi connectivity index (χ2v) is 5.13. The molecule has 0 saturated carbocycles. The van der Waals surface area contributed by atoms with E-state index in [4.69, 9.17) is 4.74 Å². The molecular weight excluding hydrogens is 322 g/mol. The summed E-state index contributed by atoms with van der Waals surface area (Å²) in [7, 11) is 0. The number of carbonyl (C=O) groups excluding carboxylic acids is 1. The highest BCUT2D eigenvalue weighted by molar-refractivity contribution is 9.10. The lowest BCUT2D eigenvalue weighted by Gasteiger charge is -2.16. The number of carbonyl (C=O) groups is 1. The van der Waals surface area contributed by atoms with E-state index < -0.39 is 5.92 Å². The highest BCUT2D eigenvalue weighted by Crippen LogP contribution is 2.26. The Morgan fingerprint density at radius 3 is 2.90 bits per heavy atom. The normalized spacial score (nSPS) is 12.2. The van der Waals surface area contributed by atoms with Crippen LogP contribution in [0.2, 0.25) is 0 Å². The molecule has 0 amide bonds. The van der Waals surface area contributed by atoms with Gasteiger partial charge < -0.3 is 9.30 Å². The Hall–Kier alpha value is -1.69. The first kappa shape index (κ1) is 14.7. The first-order valence-electron chi connectivity index (χ1n) is 6.47. The summed E-state index contributed by atoms with van der Waals surface area (Å²) in [5.41, 5.74) is 0.834. The summed E-state index contributed by atoms with van der Waals surface area (Å²) in [5.74, 6) is -0.271. The number of hydrogen-bond acceptors (Lipinski definition) is 4. The standard InChI is InChI=1S/C14H16BrN3O2/c1-3-18-9-16-17-13(18)12(14(19)20-4-2)10-6-5-7-11(15)8-10/h5-9,12H,3-4H2,1-2H3. The Labute approximate surface area is 126 Å². The van der Waals surface area contributed by atoms with Gasteiger partial charge in [-0.3, -0.25) is 4.79 Å². The number of ether oxygens (including phenoxy) is 1. The predicted molar refractivity (Wildman–Crippen MR) is 78.3 cm³/mol. The van der Waals surface area contributed by atoms with Crippen LogP contribution >= 0.6 is 15.9 Å². The topological polar surface area (TPSA) is 57.0 Å². The molecule has 0 aliphatic carbocycles. The van der Waals surface area contributed by atoms with E-state index >= 15 is 0 Å². The van der Waals surface area contributed by atoms with E-state index in [9.17, 15) is 4.79 Å². The van der Waals surface area contributed by atoms with Crippen LogP contribution in [0.25, 0.3) is 0 Å². The van der Waals surface area contributed by atoms with Crippen molar-refractivity contribution in [2.24, 2.45) is 0 Å². The molecule has 1 aromatic carbocycles. The highest BCUT2D eigenvalue weighted by atomic mass is 79.9. The number of aryl methyl sites for hydroxylation is 1. The zero-order chi connectivity index (χ0) is 14.5. The molecule has 6 heteroatoms. The van der Waals surface area contributed by atoms with Crippen LogP contribution in [0.4, 0.5) is 0 Å². The fourth-order valence-electron chi connectivity index (χ4n) is 2.03. The number of nitrogens with zero attached hydrogens (tertiary/aromatic N) is 3. The molecule has 0 radical (unpaired) electrons. The molecule has 0 N–H and O–H groups in total. The van der Waals surface area contributed by atoms with Gasteiger partial charge in [-0.2, -0.15) is 0 Å². The maximum absolute atomic E-state index is 12.3. The lowest BCUT2D eigenvalue weighted by Crippen LogP contribution is -2.21. The smallest absolute Gasteiger partial charge is 0.321 e. The molecule has 1 heterocycles. The third-order valence-electron chi connectivity index (χ3n) is 2.95. The Morgan fingerprint density at radius 1 is 1.45 bits per heavy atom. The van der Waals surface area contributed by atoms with E-state index in [0.717, 1.165) is 10.0 Å². The molecule has 2 aromatic rings. The fraction of sp³-hybridized carbons (Fsp3) is 0.357. The van der Waals surface area contributed by atoms with E-state index in [-0.39, 0.29) is 5.97 Å². The molecule has 0 bridgehead atoms. The third-order valence-corrected chi connectivity index (χ3v) is 3.44. The first-order chi connectivity index (χ1) is 9.67. The number of hydrogen-bond donors (Lipinski definition) is 0. The Morgan fingerprint density at radius 2 is 2.25 bits per heavy atom. The molecule has 0 fully saturated rings. The predicted octanol–water partition coefficient (Wildman–Crippen LogP) is 2.76. The van der Waals surface area contributed by atoms with Gasteiger partial charge in [0.15, 0.2) is 5.82 Å². The summed E-state index contributed by atoms with van der Waals surface area (Å²) in [6.45, 7) is 4.81. The molecule has 0 aliphatic rings. The molecule has 106 valence electrons. The molecule has 5 nitrogen and oxygen atoms in total. The van der Waals surface area contributed by atoms with E-state index in [1.807, 2.05) is 35.8 Å². The van der Waals surface area contributed by atoms with Gasteiger partial charge in [-0.1, -0.05) is 28.1 Å². The Balaban J connectivity index is 2.47. The number of benzene rings is 1. The zero-order valence-corrected chi connectivity index (χ0v) is 13.0. The molecule has 1 atom stereocenters. The van der Waals surface area contributed by atoms with Gasteiger partial charge >= 0.3 is 5.97 Å². The number of halogens is 1. The number of esters is 1. The van der Waals surface area contributed by atoms with Crippen LogP contribution in [0.1, 0.15) is 31.2 Å². The molecule has 1 aromatic heterocycles. The van der Waals surface area contributed by atoms with Crippen LogP contribution in [0, 0.1) is 0 Å². The lowest BCUT2D eigenvalue weighted by atomic mass is 9.98. The quantitative estimate of drug-likeness (QED) is 0.787. The minimum atomic E-state index is -0.560. The van der Waals surface area contributed by atoms with Gasteiger partial charge in [0, 0.05) is 11.0 Å². The molecule has 1 unspecified atom stereocenters. The van der Waals surface area contributed by atoms with Crippen molar-refractivity contribution in [1.82, 2.24) is 14.8 Å². The van der Waals surface area contributed by atoms with Crippen LogP contribution in [-0.2, 0) is 16.1 Å². The zero-order valence-electron chi connectivity index (χ0n) is 11.4. The van der Waals surface area contributed by atoms with Gasteiger partial charge in [-0.05, 0) is 31.5 Å². The van der Waals surface area contributed by atoms with Crippen LogP contribution in [-0.4, -0.2) is 27.3 Å². The van der Waals surface area contributed by atoms with Crippen molar-refractivity contribution in [2.75, 3.05) is 6.61 Å². The third kappa shape index (κ3) is 3.07. The van der Waals surface area contributed by atoms with Gasteiger partial charge in [0.05, 0.1) is 6.61 Å². The second-order valence-electron chi connectivity index (χ2n) is 4.22. The monoisotopic (exact) mass is 337 g/mol. The van der Waals surface area contributed by atoms with Crippen LogP contribution in [0.5, 0.6) is 0 Å². The van der Waals surface area contributed by atoms with Crippen molar-refractivity contribution in [3.8, 4) is 0 Å². The second kappa shape index (κ2) is 6.65. The van der Waals surface area contributed by atoms with Crippen molar-refractivity contribution >= 4 is 21.9 Å². The average Bonchev–Trinajstić information content (AvgIpc) is 2.87. The van der Waals surface area contributed by atoms with Gasteiger partial charge in [0.1, 0.15) is 12.2 Å². The summed E-state index contributed by atoms with van der Waals surface area (Å²) in [6, 6.07) is 7.59. The fourth-order valence-corrected chi connectivity index (χ4v) is 2.45. The summed E-state index contributed by atoms with van der Waals surface area (Å²) in [6.07, 6.45) is 1.62. The van der Waals surface area contributed by atoms with E-state index in [1.165, 1.54) is 0 Å². The van der Waals surface area contributed by atoms with Crippen molar-refractivity contribution in [3.63, 3.8) is 0 Å². The minimum absolute atomic E-state index is 0.312. The van der Waals surface area contributed by atoms with Crippen molar-refractivity contribution in [3.05, 3.63) is 46.5 Å². The first-order valence-corrected chi connectivity index (χ1v) is 7.26. The van der Waals surface area contributed by atoms with Crippen molar-refractivity contribution in [2.45, 2.75) is 26.3 Å². The molecule has 0 spiro atoms. The number of aromatic nitrogens is 3. The average molecular weight is 338 g/mol. The van der Waals surface area contributed by atoms with Crippen molar-refractivity contribution < 1.29 is 9.53 Å². The van der Waals surface area contributed by atoms with Gasteiger partial charge in [-0.25, -0.2) is 0 Å². The summed E-state index contributed by atoms with van der Waals surface area (Å²) in [4.78, 5) is 12.3. The van der Waals surface area contributed by atoms with Crippen LogP contribution in [0.3, 0.4) is 0 Å². The van der Waals surface area contributed by atoms with Gasteiger partial charge in [0.2, 0.25) is 0 Å².